The highest BCUT2D eigenvalue weighted by atomic mass is 16.3. The maximum Gasteiger partial charge on any atom is 0.246 e. The minimum absolute atomic E-state index is 0.107. The molecule has 3 aromatic rings. The lowest BCUT2D eigenvalue weighted by atomic mass is 10.1. The van der Waals surface area contributed by atoms with E-state index in [1.54, 1.807) is 24.2 Å². The molecular weight excluding hydrogens is 416 g/mol. The van der Waals surface area contributed by atoms with Crippen LogP contribution in [0.3, 0.4) is 0 Å². The fourth-order valence-electron chi connectivity index (χ4n) is 3.49. The third-order valence-corrected chi connectivity index (χ3v) is 5.22. The van der Waals surface area contributed by atoms with Crippen molar-refractivity contribution in [3.8, 4) is 0 Å². The Balaban J connectivity index is 0.000000968. The number of likely N-dealkylation sites (N-methyl/N-ethyl adjacent to an activating group) is 1. The van der Waals surface area contributed by atoms with E-state index in [0.29, 0.717) is 18.9 Å². The highest BCUT2D eigenvalue weighted by Crippen LogP contribution is 2.25. The Kier molecular flexibility index (Phi) is 8.38. The van der Waals surface area contributed by atoms with Gasteiger partial charge in [0.2, 0.25) is 11.8 Å². The summed E-state index contributed by atoms with van der Waals surface area (Å²) in [5, 5.41) is 6.93. The van der Waals surface area contributed by atoms with Crippen molar-refractivity contribution in [2.75, 3.05) is 25.5 Å². The standard InChI is InChI=1S/C23H24N4O3.C3H8/c1-15-18-5-3-4-6-19(18)30-20(15)14-27(2)22(29)8-7-16-11-17-9-10-24-13-21(28)26-23(17)25-12-16;1-3-2/h3-8,11-12,24H,9-10,13-14H2,1-2H3,(H,25,26,28);3H2,1-2H3/b8-7+;. The van der Waals surface area contributed by atoms with Crippen molar-refractivity contribution in [1.82, 2.24) is 15.2 Å². The van der Waals surface area contributed by atoms with E-state index in [0.717, 1.165) is 39.8 Å². The van der Waals surface area contributed by atoms with Crippen LogP contribution in [0.15, 0.2) is 47.0 Å². The van der Waals surface area contributed by atoms with Crippen LogP contribution in [-0.2, 0) is 22.6 Å². The Labute approximate surface area is 194 Å². The van der Waals surface area contributed by atoms with Crippen LogP contribution in [0.2, 0.25) is 0 Å². The number of hydrogen-bond acceptors (Lipinski definition) is 5. The van der Waals surface area contributed by atoms with Gasteiger partial charge in [-0.2, -0.15) is 0 Å². The van der Waals surface area contributed by atoms with Crippen LogP contribution >= 0.6 is 0 Å². The first-order chi connectivity index (χ1) is 15.9. The molecule has 0 aliphatic carbocycles. The molecule has 1 aliphatic rings. The van der Waals surface area contributed by atoms with Gasteiger partial charge in [-0.1, -0.05) is 38.5 Å². The van der Waals surface area contributed by atoms with Gasteiger partial charge in [-0.05, 0) is 49.2 Å². The number of carbonyl (C=O) groups excluding carboxylic acids is 2. The Morgan fingerprint density at radius 2 is 2.03 bits per heavy atom. The number of furan rings is 1. The van der Waals surface area contributed by atoms with E-state index < -0.39 is 0 Å². The third-order valence-electron chi connectivity index (χ3n) is 5.22. The van der Waals surface area contributed by atoms with Crippen LogP contribution in [0.1, 0.15) is 42.7 Å². The molecule has 2 N–H and O–H groups in total. The molecule has 2 amide bonds. The number of fused-ring (bicyclic) bond motifs is 2. The zero-order valence-corrected chi connectivity index (χ0v) is 19.8. The predicted octanol–water partition coefficient (Wildman–Crippen LogP) is 4.31. The van der Waals surface area contributed by atoms with Crippen molar-refractivity contribution in [3.63, 3.8) is 0 Å². The van der Waals surface area contributed by atoms with E-state index in [1.807, 2.05) is 37.3 Å². The van der Waals surface area contributed by atoms with Gasteiger partial charge in [-0.25, -0.2) is 4.98 Å². The third kappa shape index (κ3) is 6.29. The van der Waals surface area contributed by atoms with Gasteiger partial charge in [0.15, 0.2) is 0 Å². The summed E-state index contributed by atoms with van der Waals surface area (Å²) in [5.41, 5.74) is 3.63. The summed E-state index contributed by atoms with van der Waals surface area (Å²) >= 11 is 0. The zero-order chi connectivity index (χ0) is 23.8. The molecule has 174 valence electrons. The number of pyridine rings is 1. The molecule has 0 bridgehead atoms. The van der Waals surface area contributed by atoms with Gasteiger partial charge in [-0.15, -0.1) is 0 Å². The molecule has 0 saturated carbocycles. The summed E-state index contributed by atoms with van der Waals surface area (Å²) in [7, 11) is 1.75. The van der Waals surface area contributed by atoms with Crippen LogP contribution in [0.25, 0.3) is 17.0 Å². The van der Waals surface area contributed by atoms with Crippen LogP contribution in [0.5, 0.6) is 0 Å². The van der Waals surface area contributed by atoms with Gasteiger partial charge in [0, 0.05) is 30.3 Å². The van der Waals surface area contributed by atoms with E-state index in [4.69, 9.17) is 4.42 Å². The minimum atomic E-state index is -0.128. The summed E-state index contributed by atoms with van der Waals surface area (Å²) < 4.78 is 5.91. The van der Waals surface area contributed by atoms with Crippen molar-refractivity contribution in [2.24, 2.45) is 0 Å². The largest absolute Gasteiger partial charge is 0.459 e. The second kappa shape index (κ2) is 11.4. The first-order valence-corrected chi connectivity index (χ1v) is 11.3. The van der Waals surface area contributed by atoms with Gasteiger partial charge in [0.1, 0.15) is 17.2 Å². The topological polar surface area (TPSA) is 87.5 Å². The molecule has 3 heterocycles. The van der Waals surface area contributed by atoms with Crippen molar-refractivity contribution in [2.45, 2.75) is 40.2 Å². The van der Waals surface area contributed by atoms with E-state index in [1.165, 1.54) is 12.5 Å². The quantitative estimate of drug-likeness (QED) is 0.581. The highest BCUT2D eigenvalue weighted by Gasteiger charge is 2.15. The van der Waals surface area contributed by atoms with Crippen LogP contribution in [0, 0.1) is 6.92 Å². The molecule has 0 spiro atoms. The maximum atomic E-state index is 12.6. The van der Waals surface area contributed by atoms with Gasteiger partial charge in [0.05, 0.1) is 13.1 Å². The fraction of sp³-hybridized carbons (Fsp3) is 0.346. The normalized spacial score (nSPS) is 13.5. The number of benzene rings is 1. The number of hydrogen-bond donors (Lipinski definition) is 2. The van der Waals surface area contributed by atoms with Gasteiger partial charge in [0.25, 0.3) is 0 Å². The molecule has 1 aromatic carbocycles. The number of carbonyl (C=O) groups is 2. The van der Waals surface area contributed by atoms with Crippen molar-refractivity contribution < 1.29 is 14.0 Å². The number of aromatic nitrogens is 1. The van der Waals surface area contributed by atoms with Crippen LogP contribution in [0.4, 0.5) is 5.82 Å². The van der Waals surface area contributed by atoms with E-state index in [-0.39, 0.29) is 18.4 Å². The Morgan fingerprint density at radius 1 is 1.27 bits per heavy atom. The zero-order valence-electron chi connectivity index (χ0n) is 19.8. The number of amides is 2. The first kappa shape index (κ1) is 24.2. The molecule has 7 nitrogen and oxygen atoms in total. The second-order valence-electron chi connectivity index (χ2n) is 8.13. The van der Waals surface area contributed by atoms with E-state index >= 15 is 0 Å². The molecular formula is C26H32N4O3. The number of anilines is 1. The molecule has 0 fully saturated rings. The summed E-state index contributed by atoms with van der Waals surface area (Å²) in [6.07, 6.45) is 6.93. The molecule has 0 atom stereocenters. The Hall–Kier alpha value is -3.45. The molecule has 7 heteroatoms. The Bertz CT molecular complexity index is 1150. The lowest BCUT2D eigenvalue weighted by Crippen LogP contribution is -2.32. The average molecular weight is 449 g/mol. The molecule has 4 rings (SSSR count). The molecule has 2 aromatic heterocycles. The smallest absolute Gasteiger partial charge is 0.246 e. The monoisotopic (exact) mass is 448 g/mol. The molecule has 0 radical (unpaired) electrons. The SMILES string of the molecule is CCC.Cc1c(CN(C)C(=O)/C=C/c2cnc3c(c2)CCNCC(=O)N3)oc2ccccc12. The predicted molar refractivity (Wildman–Crippen MR) is 132 cm³/mol. The highest BCUT2D eigenvalue weighted by molar-refractivity contribution is 5.93. The minimum Gasteiger partial charge on any atom is -0.459 e. The van der Waals surface area contributed by atoms with Crippen molar-refractivity contribution in [1.29, 1.82) is 0 Å². The lowest BCUT2D eigenvalue weighted by molar-refractivity contribution is -0.125. The summed E-state index contributed by atoms with van der Waals surface area (Å²) in [5.74, 6) is 1.13. The van der Waals surface area contributed by atoms with Gasteiger partial charge >= 0.3 is 0 Å². The fourth-order valence-corrected chi connectivity index (χ4v) is 3.49. The molecule has 1 aliphatic heterocycles. The lowest BCUT2D eigenvalue weighted by Gasteiger charge is -2.15. The summed E-state index contributed by atoms with van der Waals surface area (Å²) in [4.78, 5) is 30.3. The first-order valence-electron chi connectivity index (χ1n) is 11.3. The summed E-state index contributed by atoms with van der Waals surface area (Å²) in [6.45, 7) is 7.64. The number of para-hydroxylation sites is 1. The number of nitrogens with one attached hydrogen (secondary N) is 2. The molecule has 0 unspecified atom stereocenters. The van der Waals surface area contributed by atoms with Crippen LogP contribution in [-0.4, -0.2) is 41.8 Å². The molecule has 0 saturated heterocycles. The molecule has 33 heavy (non-hydrogen) atoms. The van der Waals surface area contributed by atoms with E-state index in [2.05, 4.69) is 29.5 Å². The van der Waals surface area contributed by atoms with E-state index in [9.17, 15) is 9.59 Å². The average Bonchev–Trinajstić information content (AvgIpc) is 3.10. The Morgan fingerprint density at radius 3 is 2.79 bits per heavy atom. The number of aryl methyl sites for hydroxylation is 1. The number of rotatable bonds is 4. The van der Waals surface area contributed by atoms with Crippen molar-refractivity contribution >= 4 is 34.7 Å². The van der Waals surface area contributed by atoms with Gasteiger partial charge in [-0.3, -0.25) is 9.59 Å². The summed E-state index contributed by atoms with van der Waals surface area (Å²) in [6, 6.07) is 9.81. The number of nitrogens with zero attached hydrogens (tertiary/aromatic N) is 2. The van der Waals surface area contributed by atoms with Crippen molar-refractivity contribution in [3.05, 3.63) is 65.1 Å². The van der Waals surface area contributed by atoms with Crippen LogP contribution < -0.4 is 10.6 Å². The second-order valence-corrected chi connectivity index (χ2v) is 8.13. The van der Waals surface area contributed by atoms with Gasteiger partial charge < -0.3 is 20.0 Å². The maximum absolute atomic E-state index is 12.6.